The number of carbonyl (C=O) groups is 2. The van der Waals surface area contributed by atoms with Crippen LogP contribution >= 0.6 is 0 Å². The minimum atomic E-state index is -0.833. The second-order valence-electron chi connectivity index (χ2n) is 2.32. The van der Waals surface area contributed by atoms with E-state index >= 15 is 0 Å². The van der Waals surface area contributed by atoms with Gasteiger partial charge in [0, 0.05) is 12.8 Å². The molecule has 0 spiro atoms. The lowest BCUT2D eigenvalue weighted by Gasteiger charge is -1.96. The smallest absolute Gasteiger partial charge is 0.306 e. The molecule has 1 aliphatic rings. The van der Waals surface area contributed by atoms with Crippen LogP contribution in [0.3, 0.4) is 0 Å². The predicted molar refractivity (Wildman–Crippen MR) is 30.0 cm³/mol. The van der Waals surface area contributed by atoms with Crippen LogP contribution in [-0.4, -0.2) is 16.9 Å². The Morgan fingerprint density at radius 1 is 1.67 bits per heavy atom. The van der Waals surface area contributed by atoms with Crippen LogP contribution in [0.2, 0.25) is 0 Å². The monoisotopic (exact) mass is 129 g/mol. The summed E-state index contributed by atoms with van der Waals surface area (Å²) in [7, 11) is 0. The van der Waals surface area contributed by atoms with E-state index in [9.17, 15) is 9.59 Å². The van der Waals surface area contributed by atoms with Crippen molar-refractivity contribution in [3.8, 4) is 0 Å². The zero-order chi connectivity index (χ0) is 6.85. The van der Waals surface area contributed by atoms with E-state index in [0.717, 1.165) is 0 Å². The lowest BCUT2D eigenvalue weighted by atomic mass is 10.2. The maximum atomic E-state index is 10.5. The zero-order valence-electron chi connectivity index (χ0n) is 4.96. The second kappa shape index (κ2) is 2.17. The summed E-state index contributed by atoms with van der Waals surface area (Å²) in [4.78, 5) is 20.7. The molecule has 1 saturated carbocycles. The van der Waals surface area contributed by atoms with Crippen molar-refractivity contribution in [3.63, 3.8) is 0 Å². The molecule has 0 aromatic carbocycles. The molecule has 0 bridgehead atoms. The van der Waals surface area contributed by atoms with E-state index in [4.69, 9.17) is 5.11 Å². The minimum Gasteiger partial charge on any atom is -0.481 e. The van der Waals surface area contributed by atoms with Crippen molar-refractivity contribution >= 4 is 11.8 Å². The summed E-state index contributed by atoms with van der Waals surface area (Å²) in [5.74, 6) is -1.14. The first-order valence-corrected chi connectivity index (χ1v) is 2.94. The summed E-state index contributed by atoms with van der Waals surface area (Å²) in [6.45, 7) is 0. The van der Waals surface area contributed by atoms with E-state index < -0.39 is 11.9 Å². The van der Waals surface area contributed by atoms with Crippen LogP contribution < -0.4 is 0 Å². The van der Waals surface area contributed by atoms with Crippen LogP contribution in [0, 0.1) is 5.92 Å². The molecule has 1 rings (SSSR count). The van der Waals surface area contributed by atoms with Crippen LogP contribution in [0.25, 0.3) is 0 Å². The highest BCUT2D eigenvalue weighted by Crippen LogP contribution is 2.21. The SMILES string of the molecule is O=C1CCC([13C](=O)O)C1. The van der Waals surface area contributed by atoms with Gasteiger partial charge in [0.25, 0.3) is 0 Å². The van der Waals surface area contributed by atoms with Crippen molar-refractivity contribution in [1.29, 1.82) is 0 Å². The van der Waals surface area contributed by atoms with E-state index in [2.05, 4.69) is 0 Å². The number of rotatable bonds is 1. The number of carboxylic acids is 1. The van der Waals surface area contributed by atoms with Gasteiger partial charge in [-0.2, -0.15) is 0 Å². The Morgan fingerprint density at radius 2 is 2.33 bits per heavy atom. The Kier molecular flexibility index (Phi) is 1.51. The summed E-state index contributed by atoms with van der Waals surface area (Å²) < 4.78 is 0. The highest BCUT2D eigenvalue weighted by atomic mass is 16.5. The molecule has 1 fully saturated rings. The van der Waals surface area contributed by atoms with Crippen molar-refractivity contribution < 1.29 is 14.7 Å². The van der Waals surface area contributed by atoms with E-state index in [0.29, 0.717) is 12.8 Å². The van der Waals surface area contributed by atoms with Crippen molar-refractivity contribution in [1.82, 2.24) is 0 Å². The average molecular weight is 129 g/mol. The van der Waals surface area contributed by atoms with Gasteiger partial charge in [0.2, 0.25) is 0 Å². The molecule has 0 radical (unpaired) electrons. The number of aliphatic carboxylic acids is 1. The highest BCUT2D eigenvalue weighted by Gasteiger charge is 2.27. The quantitative estimate of drug-likeness (QED) is 0.522. The largest absolute Gasteiger partial charge is 0.481 e. The van der Waals surface area contributed by atoms with Crippen molar-refractivity contribution in [3.05, 3.63) is 0 Å². The van der Waals surface area contributed by atoms with Gasteiger partial charge in [-0.3, -0.25) is 9.59 Å². The molecule has 1 N–H and O–H groups in total. The summed E-state index contributed by atoms with van der Waals surface area (Å²) in [6, 6.07) is 0. The average Bonchev–Trinajstić information content (AvgIpc) is 2.14. The normalized spacial score (nSPS) is 26.7. The Hall–Kier alpha value is -0.860. The summed E-state index contributed by atoms with van der Waals surface area (Å²) in [6.07, 6.45) is 1.24. The first-order valence-electron chi connectivity index (χ1n) is 2.94. The Balaban J connectivity index is 2.48. The fraction of sp³-hybridized carbons (Fsp3) is 0.667. The molecule has 50 valence electrons. The number of ketones is 1. The molecule has 0 aromatic rings. The highest BCUT2D eigenvalue weighted by molar-refractivity contribution is 5.87. The van der Waals surface area contributed by atoms with Gasteiger partial charge in [-0.25, -0.2) is 0 Å². The molecule has 3 nitrogen and oxygen atoms in total. The lowest BCUT2D eigenvalue weighted by molar-refractivity contribution is -0.142. The topological polar surface area (TPSA) is 54.4 Å². The number of carboxylic acid groups (broad SMARTS) is 1. The molecule has 9 heavy (non-hydrogen) atoms. The van der Waals surface area contributed by atoms with Crippen LogP contribution in [0.1, 0.15) is 19.3 Å². The Labute approximate surface area is 52.7 Å². The van der Waals surface area contributed by atoms with Gasteiger partial charge in [0.15, 0.2) is 0 Å². The molecule has 0 saturated heterocycles. The van der Waals surface area contributed by atoms with Crippen LogP contribution in [-0.2, 0) is 9.59 Å². The number of hydrogen-bond acceptors (Lipinski definition) is 2. The van der Waals surface area contributed by atoms with E-state index in [1.165, 1.54) is 0 Å². The van der Waals surface area contributed by atoms with Crippen LogP contribution in [0.15, 0.2) is 0 Å². The molecular formula is C6H8O3. The Morgan fingerprint density at radius 3 is 2.56 bits per heavy atom. The second-order valence-corrected chi connectivity index (χ2v) is 2.32. The van der Waals surface area contributed by atoms with E-state index in [1.807, 2.05) is 0 Å². The van der Waals surface area contributed by atoms with E-state index in [1.54, 1.807) is 0 Å². The minimum absolute atomic E-state index is 0.0856. The summed E-state index contributed by atoms with van der Waals surface area (Å²) in [5.41, 5.74) is 0. The molecule has 0 heterocycles. The maximum absolute atomic E-state index is 10.5. The first-order chi connectivity index (χ1) is 4.20. The van der Waals surface area contributed by atoms with Crippen molar-refractivity contribution in [2.75, 3.05) is 0 Å². The number of hydrogen-bond donors (Lipinski definition) is 1. The van der Waals surface area contributed by atoms with Gasteiger partial charge in [0.05, 0.1) is 5.92 Å². The third kappa shape index (κ3) is 1.28. The van der Waals surface area contributed by atoms with E-state index in [-0.39, 0.29) is 12.2 Å². The van der Waals surface area contributed by atoms with Crippen molar-refractivity contribution in [2.45, 2.75) is 19.3 Å². The standard InChI is InChI=1S/C6H8O3/c7-5-2-1-4(3-5)6(8)9/h4H,1-3H2,(H,8,9)/i6+1. The Bertz CT molecular complexity index is 150. The molecule has 0 aromatic heterocycles. The molecule has 1 aliphatic carbocycles. The van der Waals surface area contributed by atoms with Gasteiger partial charge < -0.3 is 5.11 Å². The van der Waals surface area contributed by atoms with Crippen LogP contribution in [0.5, 0.6) is 0 Å². The molecule has 1 unspecified atom stereocenters. The lowest BCUT2D eigenvalue weighted by Crippen LogP contribution is -2.09. The van der Waals surface area contributed by atoms with Gasteiger partial charge in [-0.1, -0.05) is 0 Å². The van der Waals surface area contributed by atoms with Crippen LogP contribution in [0.4, 0.5) is 0 Å². The van der Waals surface area contributed by atoms with Gasteiger partial charge in [0.1, 0.15) is 5.78 Å². The molecular weight excluding hydrogens is 121 g/mol. The fourth-order valence-electron chi connectivity index (χ4n) is 1.02. The van der Waals surface area contributed by atoms with Gasteiger partial charge >= 0.3 is 5.97 Å². The first kappa shape index (κ1) is 6.26. The zero-order valence-corrected chi connectivity index (χ0v) is 4.96. The van der Waals surface area contributed by atoms with Gasteiger partial charge in [-0.05, 0) is 6.42 Å². The number of Topliss-reactive ketones (excluding diaryl/α,β-unsaturated/α-hetero) is 1. The van der Waals surface area contributed by atoms with Crippen molar-refractivity contribution in [2.24, 2.45) is 5.92 Å². The number of carbonyl (C=O) groups excluding carboxylic acids is 1. The predicted octanol–water partition coefficient (Wildman–Crippen LogP) is 0.440. The third-order valence-corrected chi connectivity index (χ3v) is 1.59. The third-order valence-electron chi connectivity index (χ3n) is 1.59. The summed E-state index contributed by atoms with van der Waals surface area (Å²) >= 11 is 0. The molecule has 0 amide bonds. The molecule has 3 heteroatoms. The molecule has 0 aliphatic heterocycles. The summed E-state index contributed by atoms with van der Waals surface area (Å²) in [5, 5.41) is 8.38. The maximum Gasteiger partial charge on any atom is 0.306 e. The van der Waals surface area contributed by atoms with Gasteiger partial charge in [-0.15, -0.1) is 0 Å². The fourth-order valence-corrected chi connectivity index (χ4v) is 1.02. The molecule has 1 atom stereocenters.